The van der Waals surface area contributed by atoms with E-state index < -0.39 is 12.1 Å². The van der Waals surface area contributed by atoms with Crippen LogP contribution in [0.25, 0.3) is 0 Å². The topological polar surface area (TPSA) is 77.1 Å². The number of rotatable bonds is 9. The van der Waals surface area contributed by atoms with Gasteiger partial charge in [0, 0.05) is 13.1 Å². The van der Waals surface area contributed by atoms with Crippen molar-refractivity contribution in [1.82, 2.24) is 10.2 Å². The highest BCUT2D eigenvalue weighted by atomic mass is 16.6. The molecule has 0 spiro atoms. The van der Waals surface area contributed by atoms with Gasteiger partial charge in [-0.2, -0.15) is 0 Å². The van der Waals surface area contributed by atoms with Gasteiger partial charge in [0.05, 0.1) is 7.11 Å². The maximum Gasteiger partial charge on any atom is 0.268 e. The summed E-state index contributed by atoms with van der Waals surface area (Å²) in [6.07, 6.45) is -0.902. The van der Waals surface area contributed by atoms with Crippen LogP contribution in [0.1, 0.15) is 28.3 Å². The Morgan fingerprint density at radius 2 is 1.55 bits per heavy atom. The molecule has 0 aromatic heterocycles. The van der Waals surface area contributed by atoms with Gasteiger partial charge in [-0.05, 0) is 47.9 Å². The van der Waals surface area contributed by atoms with E-state index in [4.69, 9.17) is 14.2 Å². The van der Waals surface area contributed by atoms with Crippen LogP contribution in [-0.4, -0.2) is 36.5 Å². The van der Waals surface area contributed by atoms with E-state index >= 15 is 0 Å². The SMILES string of the molecule is COc1ccc(CNC(=O)[C@H](c2ccc(C)cc2)N(Cc2ccccc2)C(=O)[C@@H]2COc3ccccc3O2)cc1. The largest absolute Gasteiger partial charge is 0.497 e. The van der Waals surface area contributed by atoms with Crippen LogP contribution >= 0.6 is 0 Å². The Morgan fingerprint density at radius 3 is 2.25 bits per heavy atom. The predicted octanol–water partition coefficient (Wildman–Crippen LogP) is 5.23. The number of carbonyl (C=O) groups excluding carboxylic acids is 2. The van der Waals surface area contributed by atoms with Crippen molar-refractivity contribution in [3.63, 3.8) is 0 Å². The molecule has 2 atom stereocenters. The third-order valence-corrected chi connectivity index (χ3v) is 6.84. The third kappa shape index (κ3) is 6.26. The number of carbonyl (C=O) groups is 2. The molecule has 0 saturated carbocycles. The first-order valence-electron chi connectivity index (χ1n) is 13.2. The number of aryl methyl sites for hydroxylation is 1. The normalized spacial score (nSPS) is 14.6. The number of benzene rings is 4. The van der Waals surface area contributed by atoms with Crippen molar-refractivity contribution >= 4 is 11.8 Å². The van der Waals surface area contributed by atoms with Crippen molar-refractivity contribution in [1.29, 1.82) is 0 Å². The Labute approximate surface area is 234 Å². The molecule has 4 aromatic carbocycles. The molecule has 7 nitrogen and oxygen atoms in total. The van der Waals surface area contributed by atoms with Crippen molar-refractivity contribution in [2.75, 3.05) is 13.7 Å². The average Bonchev–Trinajstić information content (AvgIpc) is 3.00. The van der Waals surface area contributed by atoms with E-state index in [1.165, 1.54) is 0 Å². The molecule has 1 heterocycles. The summed E-state index contributed by atoms with van der Waals surface area (Å²) in [6.45, 7) is 2.56. The predicted molar refractivity (Wildman–Crippen MR) is 152 cm³/mol. The van der Waals surface area contributed by atoms with Crippen molar-refractivity contribution in [2.24, 2.45) is 0 Å². The maximum absolute atomic E-state index is 14.2. The number of fused-ring (bicyclic) bond motifs is 1. The molecule has 5 rings (SSSR count). The monoisotopic (exact) mass is 536 g/mol. The fourth-order valence-corrected chi connectivity index (χ4v) is 4.65. The Morgan fingerprint density at radius 1 is 0.875 bits per heavy atom. The second-order valence-corrected chi connectivity index (χ2v) is 9.70. The van der Waals surface area contributed by atoms with E-state index in [1.807, 2.05) is 97.9 Å². The Kier molecular flexibility index (Phi) is 8.30. The van der Waals surface area contributed by atoms with Gasteiger partial charge in [-0.3, -0.25) is 9.59 Å². The number of hydrogen-bond donors (Lipinski definition) is 1. The van der Waals surface area contributed by atoms with E-state index in [0.717, 1.165) is 22.4 Å². The molecule has 1 N–H and O–H groups in total. The van der Waals surface area contributed by atoms with E-state index in [1.54, 1.807) is 24.1 Å². The van der Waals surface area contributed by atoms with Gasteiger partial charge in [-0.15, -0.1) is 0 Å². The van der Waals surface area contributed by atoms with Gasteiger partial charge in [0.15, 0.2) is 11.5 Å². The molecule has 40 heavy (non-hydrogen) atoms. The van der Waals surface area contributed by atoms with Crippen LogP contribution in [0.4, 0.5) is 0 Å². The van der Waals surface area contributed by atoms with Gasteiger partial charge in [0.1, 0.15) is 18.4 Å². The minimum Gasteiger partial charge on any atom is -0.497 e. The molecule has 1 aliphatic rings. The van der Waals surface area contributed by atoms with Crippen molar-refractivity contribution in [3.05, 3.63) is 125 Å². The van der Waals surface area contributed by atoms with Crippen LogP contribution in [0.5, 0.6) is 17.2 Å². The number of para-hydroxylation sites is 2. The van der Waals surface area contributed by atoms with Crippen LogP contribution in [0.15, 0.2) is 103 Å². The number of nitrogens with one attached hydrogen (secondary N) is 1. The summed E-state index contributed by atoms with van der Waals surface area (Å²) >= 11 is 0. The first-order chi connectivity index (χ1) is 19.5. The standard InChI is InChI=1S/C33H32N2O5/c1-23-12-16-26(17-13-23)31(32(36)34-20-24-14-18-27(38-2)19-15-24)35(21-25-8-4-3-5-9-25)33(37)30-22-39-28-10-6-7-11-29(28)40-30/h3-19,30-31H,20-22H2,1-2H3,(H,34,36)/t30-,31-/m0/s1. The summed E-state index contributed by atoms with van der Waals surface area (Å²) < 4.78 is 17.2. The lowest BCUT2D eigenvalue weighted by atomic mass is 10.0. The molecule has 2 amide bonds. The van der Waals surface area contributed by atoms with Crippen LogP contribution in [0, 0.1) is 6.92 Å². The van der Waals surface area contributed by atoms with Crippen LogP contribution in [0.2, 0.25) is 0 Å². The molecule has 4 aromatic rings. The van der Waals surface area contributed by atoms with Crippen LogP contribution < -0.4 is 19.5 Å². The lowest BCUT2D eigenvalue weighted by molar-refractivity contribution is -0.149. The molecule has 0 fully saturated rings. The fourth-order valence-electron chi connectivity index (χ4n) is 4.65. The van der Waals surface area contributed by atoms with Gasteiger partial charge in [0.25, 0.3) is 5.91 Å². The zero-order chi connectivity index (χ0) is 27.9. The molecule has 204 valence electrons. The lowest BCUT2D eigenvalue weighted by Crippen LogP contribution is -2.50. The number of amides is 2. The summed E-state index contributed by atoms with van der Waals surface area (Å²) in [5, 5.41) is 3.04. The molecule has 0 unspecified atom stereocenters. The van der Waals surface area contributed by atoms with E-state index in [9.17, 15) is 9.59 Å². The summed E-state index contributed by atoms with van der Waals surface area (Å²) in [4.78, 5) is 29.7. The van der Waals surface area contributed by atoms with E-state index in [-0.39, 0.29) is 25.0 Å². The Hall–Kier alpha value is -4.78. The highest BCUT2D eigenvalue weighted by Crippen LogP contribution is 2.33. The van der Waals surface area contributed by atoms with Crippen LogP contribution in [0.3, 0.4) is 0 Å². The summed E-state index contributed by atoms with van der Waals surface area (Å²) in [5.74, 6) is 1.21. The average molecular weight is 537 g/mol. The third-order valence-electron chi connectivity index (χ3n) is 6.84. The maximum atomic E-state index is 14.2. The minimum absolute atomic E-state index is 0.0508. The molecular weight excluding hydrogens is 504 g/mol. The first-order valence-corrected chi connectivity index (χ1v) is 13.2. The smallest absolute Gasteiger partial charge is 0.268 e. The highest BCUT2D eigenvalue weighted by Gasteiger charge is 2.38. The zero-order valence-electron chi connectivity index (χ0n) is 22.6. The van der Waals surface area contributed by atoms with Gasteiger partial charge in [-0.25, -0.2) is 0 Å². The van der Waals surface area contributed by atoms with Gasteiger partial charge < -0.3 is 24.4 Å². The van der Waals surface area contributed by atoms with Crippen LogP contribution in [-0.2, 0) is 22.7 Å². The second-order valence-electron chi connectivity index (χ2n) is 9.70. The molecule has 0 aliphatic carbocycles. The summed E-state index contributed by atoms with van der Waals surface area (Å²) in [5.41, 5.74) is 3.58. The van der Waals surface area contributed by atoms with Crippen molar-refractivity contribution < 1.29 is 23.8 Å². The van der Waals surface area contributed by atoms with E-state index in [2.05, 4.69) is 5.32 Å². The number of nitrogens with zero attached hydrogens (tertiary/aromatic N) is 1. The zero-order valence-corrected chi connectivity index (χ0v) is 22.6. The molecule has 1 aliphatic heterocycles. The molecule has 7 heteroatoms. The lowest BCUT2D eigenvalue weighted by Gasteiger charge is -2.35. The Bertz CT molecular complexity index is 1440. The molecule has 0 radical (unpaired) electrons. The van der Waals surface area contributed by atoms with Crippen molar-refractivity contribution in [2.45, 2.75) is 32.2 Å². The molecule has 0 saturated heterocycles. The number of hydrogen-bond acceptors (Lipinski definition) is 5. The Balaban J connectivity index is 1.47. The van der Waals surface area contributed by atoms with E-state index in [0.29, 0.717) is 23.6 Å². The highest BCUT2D eigenvalue weighted by molar-refractivity contribution is 5.90. The molecular formula is C33H32N2O5. The fraction of sp³-hybridized carbons (Fsp3) is 0.212. The van der Waals surface area contributed by atoms with Gasteiger partial charge in [0.2, 0.25) is 12.0 Å². The molecule has 0 bridgehead atoms. The second kappa shape index (κ2) is 12.4. The van der Waals surface area contributed by atoms with Gasteiger partial charge in [-0.1, -0.05) is 84.4 Å². The van der Waals surface area contributed by atoms with Crippen molar-refractivity contribution in [3.8, 4) is 17.2 Å². The summed E-state index contributed by atoms with van der Waals surface area (Å²) in [6, 6.07) is 31.2. The first kappa shape index (κ1) is 26.8. The number of methoxy groups -OCH3 is 1. The number of ether oxygens (including phenoxy) is 3. The van der Waals surface area contributed by atoms with Gasteiger partial charge >= 0.3 is 0 Å². The quantitative estimate of drug-likeness (QED) is 0.317. The minimum atomic E-state index is -0.902. The summed E-state index contributed by atoms with van der Waals surface area (Å²) in [7, 11) is 1.61.